The zero-order valence-electron chi connectivity index (χ0n) is 12.5. The first kappa shape index (κ1) is 15.3. The van der Waals surface area contributed by atoms with Crippen LogP contribution in [0.2, 0.25) is 0 Å². The quantitative estimate of drug-likeness (QED) is 0.560. The number of nitrogens with one attached hydrogen (secondary N) is 2. The Morgan fingerprint density at radius 1 is 1.33 bits per heavy atom. The Morgan fingerprint density at radius 3 is 2.56 bits per heavy atom. The summed E-state index contributed by atoms with van der Waals surface area (Å²) in [5, 5.41) is 6.87. The molecular weight excluding hydrogens is 224 g/mol. The summed E-state index contributed by atoms with van der Waals surface area (Å²) in [7, 11) is 4.06. The zero-order chi connectivity index (χ0) is 13.4. The summed E-state index contributed by atoms with van der Waals surface area (Å²) in [6.45, 7) is 7.75. The number of likely N-dealkylation sites (tertiary alicyclic amines) is 1. The van der Waals surface area contributed by atoms with Gasteiger partial charge in [0.25, 0.3) is 0 Å². The number of guanidine groups is 1. The molecule has 1 unspecified atom stereocenters. The van der Waals surface area contributed by atoms with Gasteiger partial charge in [0.2, 0.25) is 0 Å². The van der Waals surface area contributed by atoms with Crippen molar-refractivity contribution in [3.8, 4) is 0 Å². The van der Waals surface area contributed by atoms with Gasteiger partial charge in [0.1, 0.15) is 0 Å². The molecule has 0 radical (unpaired) electrons. The summed E-state index contributed by atoms with van der Waals surface area (Å²) in [5.74, 6) is 1.69. The zero-order valence-corrected chi connectivity index (χ0v) is 12.5. The molecule has 0 aromatic heterocycles. The third kappa shape index (κ3) is 4.84. The first-order valence-electron chi connectivity index (χ1n) is 7.36. The molecule has 1 heterocycles. The van der Waals surface area contributed by atoms with Crippen LogP contribution in [-0.2, 0) is 0 Å². The van der Waals surface area contributed by atoms with Gasteiger partial charge in [-0.2, -0.15) is 0 Å². The molecule has 0 aromatic rings. The van der Waals surface area contributed by atoms with Crippen LogP contribution >= 0.6 is 0 Å². The van der Waals surface area contributed by atoms with E-state index < -0.39 is 0 Å². The summed E-state index contributed by atoms with van der Waals surface area (Å²) in [5.41, 5.74) is 0. The van der Waals surface area contributed by atoms with Gasteiger partial charge in [0.15, 0.2) is 5.96 Å². The maximum atomic E-state index is 4.29. The van der Waals surface area contributed by atoms with Crippen molar-refractivity contribution >= 4 is 5.96 Å². The van der Waals surface area contributed by atoms with E-state index in [1.54, 1.807) is 0 Å². The SMILES string of the molecule is CCC(CC)CNC(=NC)NCC1CCCN1C. The van der Waals surface area contributed by atoms with Gasteiger partial charge >= 0.3 is 0 Å². The standard InChI is InChI=1S/C14H30N4/c1-5-12(6-2)10-16-14(15-3)17-11-13-8-7-9-18(13)4/h12-13H,5-11H2,1-4H3,(H2,15,16,17). The van der Waals surface area contributed by atoms with Crippen molar-refractivity contribution in [1.29, 1.82) is 0 Å². The molecule has 4 heteroatoms. The van der Waals surface area contributed by atoms with Gasteiger partial charge in [0, 0.05) is 26.2 Å². The highest BCUT2D eigenvalue weighted by molar-refractivity contribution is 5.79. The van der Waals surface area contributed by atoms with Crippen LogP contribution in [0, 0.1) is 5.92 Å². The average Bonchev–Trinajstić information content (AvgIpc) is 2.80. The summed E-state index contributed by atoms with van der Waals surface area (Å²) in [4.78, 5) is 6.72. The summed E-state index contributed by atoms with van der Waals surface area (Å²) in [6, 6.07) is 0.664. The second kappa shape index (κ2) is 8.35. The predicted molar refractivity (Wildman–Crippen MR) is 79.1 cm³/mol. The van der Waals surface area contributed by atoms with Crippen molar-refractivity contribution in [3.05, 3.63) is 0 Å². The number of rotatable bonds is 6. The van der Waals surface area contributed by atoms with Crippen molar-refractivity contribution in [2.45, 2.75) is 45.6 Å². The highest BCUT2D eigenvalue weighted by Gasteiger charge is 2.20. The molecular formula is C14H30N4. The van der Waals surface area contributed by atoms with Crippen LogP contribution in [0.25, 0.3) is 0 Å². The van der Waals surface area contributed by atoms with Crippen LogP contribution in [0.3, 0.4) is 0 Å². The predicted octanol–water partition coefficient (Wildman–Crippen LogP) is 1.68. The number of hydrogen-bond donors (Lipinski definition) is 2. The Balaban J connectivity index is 2.25. The van der Waals surface area contributed by atoms with Gasteiger partial charge in [-0.15, -0.1) is 0 Å². The van der Waals surface area contributed by atoms with Gasteiger partial charge < -0.3 is 15.5 Å². The second-order valence-electron chi connectivity index (χ2n) is 5.29. The van der Waals surface area contributed by atoms with E-state index in [0.717, 1.165) is 25.0 Å². The van der Waals surface area contributed by atoms with E-state index in [9.17, 15) is 0 Å². The summed E-state index contributed by atoms with van der Waals surface area (Å²) >= 11 is 0. The molecule has 0 aliphatic carbocycles. The lowest BCUT2D eigenvalue weighted by Gasteiger charge is -2.22. The molecule has 0 spiro atoms. The molecule has 1 saturated heterocycles. The minimum Gasteiger partial charge on any atom is -0.356 e. The fraction of sp³-hybridized carbons (Fsp3) is 0.929. The second-order valence-corrected chi connectivity index (χ2v) is 5.29. The van der Waals surface area contributed by atoms with Crippen LogP contribution < -0.4 is 10.6 Å². The minimum atomic E-state index is 0.664. The molecule has 18 heavy (non-hydrogen) atoms. The van der Waals surface area contributed by atoms with E-state index >= 15 is 0 Å². The number of likely N-dealkylation sites (N-methyl/N-ethyl adjacent to an activating group) is 1. The van der Waals surface area contributed by atoms with Gasteiger partial charge in [0.05, 0.1) is 0 Å². The van der Waals surface area contributed by atoms with E-state index in [-0.39, 0.29) is 0 Å². The summed E-state index contributed by atoms with van der Waals surface area (Å²) < 4.78 is 0. The van der Waals surface area contributed by atoms with Crippen molar-refractivity contribution in [2.24, 2.45) is 10.9 Å². The molecule has 4 nitrogen and oxygen atoms in total. The fourth-order valence-corrected chi connectivity index (χ4v) is 2.49. The molecule has 1 aliphatic rings. The lowest BCUT2D eigenvalue weighted by atomic mass is 10.0. The molecule has 106 valence electrons. The Bertz CT molecular complexity index is 248. The summed E-state index contributed by atoms with van der Waals surface area (Å²) in [6.07, 6.45) is 5.08. The largest absolute Gasteiger partial charge is 0.356 e. The molecule has 0 aromatic carbocycles. The molecule has 0 amide bonds. The first-order valence-corrected chi connectivity index (χ1v) is 7.36. The van der Waals surface area contributed by atoms with Crippen LogP contribution in [0.5, 0.6) is 0 Å². The van der Waals surface area contributed by atoms with Gasteiger partial charge in [-0.25, -0.2) is 0 Å². The van der Waals surface area contributed by atoms with Crippen molar-refractivity contribution < 1.29 is 0 Å². The van der Waals surface area contributed by atoms with E-state index in [4.69, 9.17) is 0 Å². The molecule has 1 rings (SSSR count). The van der Waals surface area contributed by atoms with Crippen LogP contribution in [0.15, 0.2) is 4.99 Å². The smallest absolute Gasteiger partial charge is 0.191 e. The van der Waals surface area contributed by atoms with Gasteiger partial charge in [-0.3, -0.25) is 4.99 Å². The fourth-order valence-electron chi connectivity index (χ4n) is 2.49. The van der Waals surface area contributed by atoms with Gasteiger partial charge in [-0.1, -0.05) is 26.7 Å². The van der Waals surface area contributed by atoms with E-state index in [1.807, 2.05) is 7.05 Å². The number of aliphatic imine (C=N–C) groups is 1. The van der Waals surface area contributed by atoms with E-state index in [1.165, 1.54) is 32.2 Å². The monoisotopic (exact) mass is 254 g/mol. The topological polar surface area (TPSA) is 39.7 Å². The normalized spacial score (nSPS) is 21.6. The Labute approximate surface area is 112 Å². The Morgan fingerprint density at radius 2 is 2.06 bits per heavy atom. The maximum Gasteiger partial charge on any atom is 0.191 e. The molecule has 1 atom stereocenters. The number of hydrogen-bond acceptors (Lipinski definition) is 2. The van der Waals surface area contributed by atoms with E-state index in [2.05, 4.69) is 41.4 Å². The van der Waals surface area contributed by atoms with Crippen LogP contribution in [0.1, 0.15) is 39.5 Å². The van der Waals surface area contributed by atoms with Crippen molar-refractivity contribution in [1.82, 2.24) is 15.5 Å². The highest BCUT2D eigenvalue weighted by Crippen LogP contribution is 2.13. The van der Waals surface area contributed by atoms with Crippen LogP contribution in [0.4, 0.5) is 0 Å². The third-order valence-electron chi connectivity index (χ3n) is 4.11. The molecule has 1 fully saturated rings. The maximum absolute atomic E-state index is 4.29. The Kier molecular flexibility index (Phi) is 7.09. The number of nitrogens with zero attached hydrogens (tertiary/aromatic N) is 2. The lowest BCUT2D eigenvalue weighted by molar-refractivity contribution is 0.309. The van der Waals surface area contributed by atoms with Crippen molar-refractivity contribution in [3.63, 3.8) is 0 Å². The molecule has 1 aliphatic heterocycles. The van der Waals surface area contributed by atoms with Gasteiger partial charge in [-0.05, 0) is 32.4 Å². The first-order chi connectivity index (χ1) is 8.71. The molecule has 0 bridgehead atoms. The minimum absolute atomic E-state index is 0.664. The third-order valence-corrected chi connectivity index (χ3v) is 4.11. The van der Waals surface area contributed by atoms with E-state index in [0.29, 0.717) is 6.04 Å². The van der Waals surface area contributed by atoms with Crippen molar-refractivity contribution in [2.75, 3.05) is 33.7 Å². The average molecular weight is 254 g/mol. The Hall–Kier alpha value is -0.770. The lowest BCUT2D eigenvalue weighted by Crippen LogP contribution is -2.45. The van der Waals surface area contributed by atoms with Crippen LogP contribution in [-0.4, -0.2) is 50.6 Å². The molecule has 0 saturated carbocycles. The highest BCUT2D eigenvalue weighted by atomic mass is 15.2. The molecule has 2 N–H and O–H groups in total.